The maximum Gasteiger partial charge on any atom is 0.248 e. The number of ether oxygens (including phenoxy) is 2. The summed E-state index contributed by atoms with van der Waals surface area (Å²) in [7, 11) is 0. The topological polar surface area (TPSA) is 44.5 Å². The molecule has 102 valence electrons. The first-order valence-corrected chi connectivity index (χ1v) is 6.31. The van der Waals surface area contributed by atoms with Gasteiger partial charge in [0.2, 0.25) is 5.92 Å². The van der Waals surface area contributed by atoms with Crippen LogP contribution in [0.3, 0.4) is 0 Å². The first-order chi connectivity index (χ1) is 7.99. The van der Waals surface area contributed by atoms with E-state index in [0.29, 0.717) is 32.6 Å². The molecule has 3 nitrogen and oxygen atoms in total. The minimum absolute atomic E-state index is 0.124. The van der Waals surface area contributed by atoms with Crippen LogP contribution in [0.25, 0.3) is 0 Å². The van der Waals surface area contributed by atoms with Crippen molar-refractivity contribution < 1.29 is 18.3 Å². The quantitative estimate of drug-likeness (QED) is 0.738. The van der Waals surface area contributed by atoms with Crippen molar-refractivity contribution in [3.05, 3.63) is 0 Å². The van der Waals surface area contributed by atoms with Gasteiger partial charge < -0.3 is 15.2 Å². The molecule has 1 saturated carbocycles. The Morgan fingerprint density at radius 2 is 1.53 bits per heavy atom. The maximum absolute atomic E-state index is 13.2. The van der Waals surface area contributed by atoms with Gasteiger partial charge in [0.05, 0.1) is 0 Å². The Bertz CT molecular complexity index is 221. The molecule has 17 heavy (non-hydrogen) atoms. The Morgan fingerprint density at radius 3 is 1.88 bits per heavy atom. The van der Waals surface area contributed by atoms with Crippen LogP contribution in [-0.2, 0) is 9.47 Å². The summed E-state index contributed by atoms with van der Waals surface area (Å²) in [6.07, 6.45) is 0.0166. The number of alkyl halides is 2. The molecule has 0 unspecified atom stereocenters. The molecular weight excluding hydrogens is 228 g/mol. The second kappa shape index (κ2) is 6.07. The van der Waals surface area contributed by atoms with Crippen LogP contribution in [0.4, 0.5) is 8.78 Å². The third kappa shape index (κ3) is 3.60. The largest absolute Gasteiger partial charge is 0.352 e. The van der Waals surface area contributed by atoms with Crippen molar-refractivity contribution in [3.63, 3.8) is 0 Å². The first-order valence-electron chi connectivity index (χ1n) is 6.31. The summed E-state index contributed by atoms with van der Waals surface area (Å²) in [6.45, 7) is 5.07. The molecule has 0 radical (unpaired) electrons. The Labute approximate surface area is 102 Å². The molecule has 1 fully saturated rings. The van der Waals surface area contributed by atoms with Crippen molar-refractivity contribution in [1.82, 2.24) is 0 Å². The van der Waals surface area contributed by atoms with Gasteiger partial charge in [-0.2, -0.15) is 0 Å². The molecule has 1 aliphatic rings. The summed E-state index contributed by atoms with van der Waals surface area (Å²) in [4.78, 5) is 0. The SMILES string of the molecule is CCOC(OCC)C1(CN)CCC(F)(F)CC1. The fourth-order valence-electron chi connectivity index (χ4n) is 2.35. The summed E-state index contributed by atoms with van der Waals surface area (Å²) in [6, 6.07) is 0. The maximum atomic E-state index is 13.2. The summed E-state index contributed by atoms with van der Waals surface area (Å²) in [5.74, 6) is -2.55. The van der Waals surface area contributed by atoms with Gasteiger partial charge in [0.15, 0.2) is 6.29 Å². The lowest BCUT2D eigenvalue weighted by Gasteiger charge is -2.43. The molecule has 0 heterocycles. The van der Waals surface area contributed by atoms with Crippen molar-refractivity contribution in [3.8, 4) is 0 Å². The van der Waals surface area contributed by atoms with E-state index in [9.17, 15) is 8.78 Å². The average Bonchev–Trinajstić information content (AvgIpc) is 2.30. The molecule has 0 bridgehead atoms. The summed E-state index contributed by atoms with van der Waals surface area (Å²) in [5, 5.41) is 0. The van der Waals surface area contributed by atoms with Crippen molar-refractivity contribution >= 4 is 0 Å². The molecule has 1 rings (SSSR count). The lowest BCUT2D eigenvalue weighted by atomic mass is 9.72. The average molecular weight is 251 g/mol. The highest BCUT2D eigenvalue weighted by atomic mass is 19.3. The minimum atomic E-state index is -2.55. The fourth-order valence-corrected chi connectivity index (χ4v) is 2.35. The zero-order chi connectivity index (χ0) is 12.9. The van der Waals surface area contributed by atoms with Crippen LogP contribution < -0.4 is 5.73 Å². The Morgan fingerprint density at radius 1 is 1.06 bits per heavy atom. The number of nitrogens with two attached hydrogens (primary N) is 1. The highest BCUT2D eigenvalue weighted by Gasteiger charge is 2.47. The van der Waals surface area contributed by atoms with Gasteiger partial charge in [-0.25, -0.2) is 8.78 Å². The van der Waals surface area contributed by atoms with Crippen molar-refractivity contribution in [2.45, 2.75) is 51.7 Å². The van der Waals surface area contributed by atoms with E-state index in [-0.39, 0.29) is 12.8 Å². The van der Waals surface area contributed by atoms with Crippen LogP contribution in [0.1, 0.15) is 39.5 Å². The molecule has 5 heteroatoms. The normalized spacial score (nSPS) is 22.9. The van der Waals surface area contributed by atoms with Gasteiger partial charge in [0.25, 0.3) is 0 Å². The second-order valence-electron chi connectivity index (χ2n) is 4.67. The standard InChI is InChI=1S/C12H23F2NO2/c1-3-16-10(17-4-2)11(9-15)5-7-12(13,14)8-6-11/h10H,3-9,15H2,1-2H3. The van der Waals surface area contributed by atoms with E-state index in [4.69, 9.17) is 15.2 Å². The van der Waals surface area contributed by atoms with Gasteiger partial charge in [-0.3, -0.25) is 0 Å². The summed E-state index contributed by atoms with van der Waals surface area (Å²) in [5.41, 5.74) is 5.33. The van der Waals surface area contributed by atoms with Gasteiger partial charge in [0, 0.05) is 38.0 Å². The van der Waals surface area contributed by atoms with Crippen LogP contribution in [0.15, 0.2) is 0 Å². The fraction of sp³-hybridized carbons (Fsp3) is 1.00. The Balaban J connectivity index is 2.72. The van der Waals surface area contributed by atoms with E-state index < -0.39 is 17.6 Å². The smallest absolute Gasteiger partial charge is 0.248 e. The van der Waals surface area contributed by atoms with E-state index in [1.165, 1.54) is 0 Å². The van der Waals surface area contributed by atoms with Crippen LogP contribution in [-0.4, -0.2) is 32.0 Å². The highest BCUT2D eigenvalue weighted by molar-refractivity contribution is 4.92. The third-order valence-corrected chi connectivity index (χ3v) is 3.52. The lowest BCUT2D eigenvalue weighted by Crippen LogP contribution is -2.49. The minimum Gasteiger partial charge on any atom is -0.352 e. The van der Waals surface area contributed by atoms with Crippen LogP contribution >= 0.6 is 0 Å². The van der Waals surface area contributed by atoms with E-state index in [1.54, 1.807) is 0 Å². The molecule has 0 atom stereocenters. The number of hydrogen-bond donors (Lipinski definition) is 1. The summed E-state index contributed by atoms with van der Waals surface area (Å²) < 4.78 is 37.5. The van der Waals surface area contributed by atoms with Crippen molar-refractivity contribution in [1.29, 1.82) is 0 Å². The molecule has 2 N–H and O–H groups in total. The van der Waals surface area contributed by atoms with Gasteiger partial charge >= 0.3 is 0 Å². The molecule has 0 saturated heterocycles. The zero-order valence-electron chi connectivity index (χ0n) is 10.7. The van der Waals surface area contributed by atoms with E-state index in [0.717, 1.165) is 0 Å². The predicted molar refractivity (Wildman–Crippen MR) is 61.9 cm³/mol. The van der Waals surface area contributed by atoms with Gasteiger partial charge in [0.1, 0.15) is 0 Å². The second-order valence-corrected chi connectivity index (χ2v) is 4.67. The first kappa shape index (κ1) is 14.8. The molecule has 0 aromatic carbocycles. The van der Waals surface area contributed by atoms with Crippen LogP contribution in [0.2, 0.25) is 0 Å². The van der Waals surface area contributed by atoms with Crippen molar-refractivity contribution in [2.24, 2.45) is 11.1 Å². The van der Waals surface area contributed by atoms with Crippen LogP contribution in [0.5, 0.6) is 0 Å². The molecular formula is C12H23F2NO2. The van der Waals surface area contributed by atoms with Crippen LogP contribution in [0, 0.1) is 5.41 Å². The number of halogens is 2. The number of rotatable bonds is 6. The number of hydrogen-bond acceptors (Lipinski definition) is 3. The summed E-state index contributed by atoms with van der Waals surface area (Å²) >= 11 is 0. The Hall–Kier alpha value is -0.260. The molecule has 0 amide bonds. The molecule has 0 aromatic heterocycles. The van der Waals surface area contributed by atoms with E-state index >= 15 is 0 Å². The van der Waals surface area contributed by atoms with E-state index in [2.05, 4.69) is 0 Å². The molecule has 1 aliphatic carbocycles. The van der Waals surface area contributed by atoms with Crippen molar-refractivity contribution in [2.75, 3.05) is 19.8 Å². The predicted octanol–water partition coefficient (Wildman–Crippen LogP) is 2.54. The Kier molecular flexibility index (Phi) is 5.28. The molecule has 0 aliphatic heterocycles. The van der Waals surface area contributed by atoms with Gasteiger partial charge in [-0.1, -0.05) is 0 Å². The monoisotopic (exact) mass is 251 g/mol. The van der Waals surface area contributed by atoms with E-state index in [1.807, 2.05) is 13.8 Å². The van der Waals surface area contributed by atoms with Gasteiger partial charge in [-0.05, 0) is 26.7 Å². The highest BCUT2D eigenvalue weighted by Crippen LogP contribution is 2.46. The molecule has 0 aromatic rings. The zero-order valence-corrected chi connectivity index (χ0v) is 10.7. The third-order valence-electron chi connectivity index (χ3n) is 3.52. The van der Waals surface area contributed by atoms with Gasteiger partial charge in [-0.15, -0.1) is 0 Å². The lowest BCUT2D eigenvalue weighted by molar-refractivity contribution is -0.222. The molecule has 0 spiro atoms.